The number of rotatable bonds is 5. The summed E-state index contributed by atoms with van der Waals surface area (Å²) >= 11 is 0. The molecule has 92 valence electrons. The van der Waals surface area contributed by atoms with Gasteiger partial charge in [0.2, 0.25) is 5.91 Å². The molecular formula is C9H18N4O3. The average Bonchev–Trinajstić information content (AvgIpc) is 2.27. The topological polar surface area (TPSA) is 113 Å². The number of hydrazine groups is 1. The number of nitrogens with one attached hydrogen (secondary N) is 3. The lowest BCUT2D eigenvalue weighted by Crippen LogP contribution is -2.44. The second-order valence-corrected chi connectivity index (χ2v) is 3.36. The molecule has 0 bridgehead atoms. The molecule has 0 aliphatic carbocycles. The van der Waals surface area contributed by atoms with Gasteiger partial charge in [0.05, 0.1) is 0 Å². The molecule has 0 radical (unpaired) electrons. The molecule has 0 aromatic rings. The second kappa shape index (κ2) is 7.63. The quantitative estimate of drug-likeness (QED) is 0.197. The number of carbonyl (C=O) groups excluding carboxylic acids is 3. The fraction of sp³-hybridized carbons (Fsp3) is 0.667. The number of amides is 3. The van der Waals surface area contributed by atoms with E-state index in [0.29, 0.717) is 0 Å². The first-order valence-corrected chi connectivity index (χ1v) is 5.09. The molecule has 1 atom stereocenters. The Balaban J connectivity index is 3.70. The maximum Gasteiger partial charge on any atom is 0.323 e. The minimum absolute atomic E-state index is 0.106. The van der Waals surface area contributed by atoms with Crippen molar-refractivity contribution in [1.29, 1.82) is 0 Å². The number of hydrogen-bond acceptors (Lipinski definition) is 4. The summed E-state index contributed by atoms with van der Waals surface area (Å²) in [5.41, 5.74) is 1.69. The molecule has 7 heteroatoms. The van der Waals surface area contributed by atoms with Gasteiger partial charge in [-0.3, -0.25) is 19.8 Å². The first-order chi connectivity index (χ1) is 7.51. The van der Waals surface area contributed by atoms with Crippen LogP contribution in [0.3, 0.4) is 0 Å². The smallest absolute Gasteiger partial charge is 0.323 e. The van der Waals surface area contributed by atoms with E-state index in [1.807, 2.05) is 13.8 Å². The van der Waals surface area contributed by atoms with Crippen LogP contribution in [0.1, 0.15) is 26.7 Å². The fourth-order valence-electron chi connectivity index (χ4n) is 0.884. The SMILES string of the molecule is CCC(C)NC(=O)CCNC(=O)C(=O)NN. The van der Waals surface area contributed by atoms with Gasteiger partial charge in [-0.2, -0.15) is 0 Å². The minimum atomic E-state index is -0.928. The van der Waals surface area contributed by atoms with Gasteiger partial charge >= 0.3 is 11.8 Å². The molecule has 7 nitrogen and oxygen atoms in total. The van der Waals surface area contributed by atoms with E-state index in [2.05, 4.69) is 10.6 Å². The minimum Gasteiger partial charge on any atom is -0.354 e. The van der Waals surface area contributed by atoms with E-state index < -0.39 is 11.8 Å². The van der Waals surface area contributed by atoms with Crippen LogP contribution in [-0.2, 0) is 14.4 Å². The van der Waals surface area contributed by atoms with Gasteiger partial charge in [-0.15, -0.1) is 0 Å². The normalized spacial score (nSPS) is 11.4. The van der Waals surface area contributed by atoms with Crippen LogP contribution in [0.4, 0.5) is 0 Å². The summed E-state index contributed by atoms with van der Waals surface area (Å²) in [5, 5.41) is 4.99. The highest BCUT2D eigenvalue weighted by Gasteiger charge is 2.11. The van der Waals surface area contributed by atoms with Gasteiger partial charge in [0, 0.05) is 19.0 Å². The highest BCUT2D eigenvalue weighted by molar-refractivity contribution is 6.34. The summed E-state index contributed by atoms with van der Waals surface area (Å²) in [6.07, 6.45) is 0.974. The van der Waals surface area contributed by atoms with E-state index in [4.69, 9.17) is 5.84 Å². The summed E-state index contributed by atoms with van der Waals surface area (Å²) in [5.74, 6) is 2.81. The van der Waals surface area contributed by atoms with E-state index in [9.17, 15) is 14.4 Å². The van der Waals surface area contributed by atoms with E-state index in [0.717, 1.165) is 6.42 Å². The van der Waals surface area contributed by atoms with Crippen LogP contribution < -0.4 is 21.9 Å². The zero-order valence-electron chi connectivity index (χ0n) is 9.50. The van der Waals surface area contributed by atoms with Gasteiger partial charge in [0.15, 0.2) is 0 Å². The van der Waals surface area contributed by atoms with Crippen LogP contribution >= 0.6 is 0 Å². The van der Waals surface area contributed by atoms with Crippen LogP contribution in [-0.4, -0.2) is 30.3 Å². The Hall–Kier alpha value is -1.63. The molecule has 0 spiro atoms. The summed E-state index contributed by atoms with van der Waals surface area (Å²) in [4.78, 5) is 32.8. The predicted octanol–water partition coefficient (Wildman–Crippen LogP) is -1.60. The lowest BCUT2D eigenvalue weighted by Gasteiger charge is -2.11. The van der Waals surface area contributed by atoms with E-state index >= 15 is 0 Å². The van der Waals surface area contributed by atoms with Gasteiger partial charge in [0.1, 0.15) is 0 Å². The molecule has 0 saturated carbocycles. The molecule has 0 aliphatic rings. The fourth-order valence-corrected chi connectivity index (χ4v) is 0.884. The first kappa shape index (κ1) is 14.4. The lowest BCUT2D eigenvalue weighted by atomic mass is 10.2. The van der Waals surface area contributed by atoms with Crippen molar-refractivity contribution < 1.29 is 14.4 Å². The summed E-state index contributed by atoms with van der Waals surface area (Å²) in [7, 11) is 0. The van der Waals surface area contributed by atoms with E-state index in [-0.39, 0.29) is 24.9 Å². The third-order valence-corrected chi connectivity index (χ3v) is 1.99. The van der Waals surface area contributed by atoms with Crippen molar-refractivity contribution in [3.63, 3.8) is 0 Å². The Bertz CT molecular complexity index is 267. The molecule has 0 aromatic heterocycles. The lowest BCUT2D eigenvalue weighted by molar-refractivity contribution is -0.139. The van der Waals surface area contributed by atoms with Crippen LogP contribution in [0.2, 0.25) is 0 Å². The van der Waals surface area contributed by atoms with Crippen LogP contribution in [0.15, 0.2) is 0 Å². The zero-order chi connectivity index (χ0) is 12.6. The Morgan fingerprint density at radius 3 is 2.38 bits per heavy atom. The van der Waals surface area contributed by atoms with Crippen molar-refractivity contribution in [2.45, 2.75) is 32.7 Å². The highest BCUT2D eigenvalue weighted by Crippen LogP contribution is 1.88. The third-order valence-electron chi connectivity index (χ3n) is 1.99. The van der Waals surface area contributed by atoms with Crippen molar-refractivity contribution in [2.24, 2.45) is 5.84 Å². The van der Waals surface area contributed by atoms with Crippen molar-refractivity contribution in [3.05, 3.63) is 0 Å². The van der Waals surface area contributed by atoms with E-state index in [1.54, 1.807) is 5.43 Å². The standard InChI is InChI=1S/C9H18N4O3/c1-3-6(2)12-7(14)4-5-11-8(15)9(16)13-10/h6H,3-5,10H2,1-2H3,(H,11,15)(H,12,14)(H,13,16). The molecule has 3 amide bonds. The van der Waals surface area contributed by atoms with Gasteiger partial charge in [0.25, 0.3) is 0 Å². The zero-order valence-corrected chi connectivity index (χ0v) is 9.50. The van der Waals surface area contributed by atoms with Crippen LogP contribution in [0, 0.1) is 0 Å². The van der Waals surface area contributed by atoms with E-state index in [1.165, 1.54) is 0 Å². The number of carbonyl (C=O) groups is 3. The van der Waals surface area contributed by atoms with Gasteiger partial charge in [-0.25, -0.2) is 5.84 Å². The Morgan fingerprint density at radius 1 is 1.25 bits per heavy atom. The van der Waals surface area contributed by atoms with Gasteiger partial charge < -0.3 is 10.6 Å². The summed E-state index contributed by atoms with van der Waals surface area (Å²) in [6, 6.07) is 0.107. The summed E-state index contributed by atoms with van der Waals surface area (Å²) < 4.78 is 0. The molecule has 16 heavy (non-hydrogen) atoms. The van der Waals surface area contributed by atoms with Crippen molar-refractivity contribution in [2.75, 3.05) is 6.54 Å². The monoisotopic (exact) mass is 230 g/mol. The molecule has 0 aliphatic heterocycles. The van der Waals surface area contributed by atoms with Crippen molar-refractivity contribution in [3.8, 4) is 0 Å². The van der Waals surface area contributed by atoms with Gasteiger partial charge in [-0.05, 0) is 13.3 Å². The number of nitrogens with two attached hydrogens (primary N) is 1. The molecule has 0 aromatic carbocycles. The third kappa shape index (κ3) is 5.97. The Morgan fingerprint density at radius 2 is 1.88 bits per heavy atom. The summed E-state index contributed by atoms with van der Waals surface area (Å²) in [6.45, 7) is 3.95. The van der Waals surface area contributed by atoms with Gasteiger partial charge in [-0.1, -0.05) is 6.92 Å². The molecule has 0 fully saturated rings. The van der Waals surface area contributed by atoms with Crippen molar-refractivity contribution >= 4 is 17.7 Å². The first-order valence-electron chi connectivity index (χ1n) is 5.09. The molecule has 0 rings (SSSR count). The Kier molecular flexibility index (Phi) is 6.86. The van der Waals surface area contributed by atoms with Crippen LogP contribution in [0.25, 0.3) is 0 Å². The van der Waals surface area contributed by atoms with Crippen molar-refractivity contribution in [1.82, 2.24) is 16.1 Å². The number of hydrogen-bond donors (Lipinski definition) is 4. The second-order valence-electron chi connectivity index (χ2n) is 3.36. The molecule has 5 N–H and O–H groups in total. The average molecular weight is 230 g/mol. The largest absolute Gasteiger partial charge is 0.354 e. The molecule has 0 heterocycles. The highest BCUT2D eigenvalue weighted by atomic mass is 16.2. The Labute approximate surface area is 94.1 Å². The van der Waals surface area contributed by atoms with Crippen LogP contribution in [0.5, 0.6) is 0 Å². The predicted molar refractivity (Wildman–Crippen MR) is 57.9 cm³/mol. The molecular weight excluding hydrogens is 212 g/mol. The molecule has 1 unspecified atom stereocenters. The maximum absolute atomic E-state index is 11.2. The maximum atomic E-state index is 11.2. The molecule has 0 saturated heterocycles.